The van der Waals surface area contributed by atoms with Gasteiger partial charge in [0.1, 0.15) is 0 Å². The Hall–Kier alpha value is 2.10. The Bertz CT molecular complexity index is 6.00. The van der Waals surface area contributed by atoms with E-state index < -0.39 is 0 Å². The molecule has 0 aromatic heterocycles. The maximum absolute atomic E-state index is 4.67. The third-order valence-electron chi connectivity index (χ3n) is 0. The smallest absolute Gasteiger partial charge is 0 e. The molecule has 0 aromatic carbocycles. The van der Waals surface area contributed by atoms with Gasteiger partial charge in [0.25, 0.3) is 0 Å². The molecule has 0 aliphatic carbocycles. The van der Waals surface area contributed by atoms with Crippen LogP contribution in [0.5, 0.6) is 0 Å². The fourth-order valence-electron chi connectivity index (χ4n) is 0. The summed E-state index contributed by atoms with van der Waals surface area (Å²) in [6.07, 6.45) is 0. The van der Waals surface area contributed by atoms with Gasteiger partial charge in [0.15, 0.2) is 0 Å². The van der Waals surface area contributed by atoms with Crippen LogP contribution in [0.3, 0.4) is 0 Å². The minimum atomic E-state index is 0. The van der Waals surface area contributed by atoms with E-state index in [1.54, 1.807) is 0 Å². The summed E-state index contributed by atoms with van der Waals surface area (Å²) in [5.74, 6) is 0. The van der Waals surface area contributed by atoms with E-state index in [-0.39, 0.29) is 29.6 Å². The minimum absolute atomic E-state index is 0. The van der Waals surface area contributed by atoms with E-state index in [1.807, 2.05) is 0 Å². The normalized spacial score (nSPS) is 5.50. The Labute approximate surface area is 62.1 Å². The predicted octanol–water partition coefficient (Wildman–Crippen LogP) is 0.996. The fourth-order valence-corrected chi connectivity index (χ4v) is 0. The third-order valence-corrected chi connectivity index (χ3v) is 0. The summed E-state index contributed by atoms with van der Waals surface area (Å²) in [6, 6.07) is 0. The standard InChI is InChI=1S/2ClH.Cu.Na/h2*1H;;/q;;+2;/p-2. The molecule has 0 aromatic rings. The molecule has 0 spiro atoms. The van der Waals surface area contributed by atoms with Gasteiger partial charge >= 0.3 is 33.3 Å². The van der Waals surface area contributed by atoms with Crippen molar-refractivity contribution in [2.75, 3.05) is 0 Å². The van der Waals surface area contributed by atoms with Crippen LogP contribution in [0.25, 0.3) is 0 Å². The van der Waals surface area contributed by atoms with Crippen molar-refractivity contribution in [1.82, 2.24) is 0 Å². The molecule has 0 amide bonds. The van der Waals surface area contributed by atoms with E-state index in [9.17, 15) is 0 Å². The largest absolute Gasteiger partial charge is 0 e. The summed E-state index contributed by atoms with van der Waals surface area (Å²) in [5.41, 5.74) is 0. The van der Waals surface area contributed by atoms with Crippen LogP contribution in [0.2, 0.25) is 0 Å². The Morgan fingerprint density at radius 2 is 1.25 bits per heavy atom. The van der Waals surface area contributed by atoms with E-state index >= 15 is 0 Å². The van der Waals surface area contributed by atoms with Gasteiger partial charge in [-0.15, -0.1) is 0 Å². The number of rotatable bonds is 0. The summed E-state index contributed by atoms with van der Waals surface area (Å²) in [5, 5.41) is 0. The van der Waals surface area contributed by atoms with Gasteiger partial charge in [-0.25, -0.2) is 0 Å². The number of hydrogen-bond acceptors (Lipinski definition) is 0. The second kappa shape index (κ2) is 8.92. The second-order valence-electron chi connectivity index (χ2n) is 0.0431. The molecule has 0 saturated carbocycles. The number of halogens is 2. The van der Waals surface area contributed by atoms with Crippen LogP contribution in [-0.2, 0) is 13.1 Å². The van der Waals surface area contributed by atoms with Crippen molar-refractivity contribution in [2.24, 2.45) is 0 Å². The van der Waals surface area contributed by atoms with Crippen LogP contribution in [0.4, 0.5) is 0 Å². The van der Waals surface area contributed by atoms with Crippen molar-refractivity contribution < 1.29 is 13.1 Å². The SMILES string of the molecule is [Cl][Cu][Cl].[Na]. The van der Waals surface area contributed by atoms with Gasteiger partial charge in [0.05, 0.1) is 0 Å². The molecule has 0 heterocycles. The first-order valence-corrected chi connectivity index (χ1v) is 2.82. The van der Waals surface area contributed by atoms with Crippen LogP contribution < -0.4 is 0 Å². The van der Waals surface area contributed by atoms with Gasteiger partial charge in [0.2, 0.25) is 0 Å². The molecule has 0 atom stereocenters. The summed E-state index contributed by atoms with van der Waals surface area (Å²) in [7, 11) is 9.34. The van der Waals surface area contributed by atoms with Gasteiger partial charge in [-0.1, -0.05) is 0 Å². The van der Waals surface area contributed by atoms with Crippen LogP contribution >= 0.6 is 20.2 Å². The molecule has 0 aliphatic heterocycles. The van der Waals surface area contributed by atoms with Gasteiger partial charge in [-0.05, 0) is 0 Å². The van der Waals surface area contributed by atoms with Crippen molar-refractivity contribution in [3.63, 3.8) is 0 Å². The maximum Gasteiger partial charge on any atom is 0 e. The average Bonchev–Trinajstić information content (AvgIpc) is 0.918. The second-order valence-corrected chi connectivity index (χ2v) is 1.60. The summed E-state index contributed by atoms with van der Waals surface area (Å²) in [6.45, 7) is 0. The molecule has 26 valence electrons. The first kappa shape index (κ1) is 9.44. The molecular formula is Cl2CuNa. The molecule has 0 fully saturated rings. The van der Waals surface area contributed by atoms with Gasteiger partial charge in [-0.3, -0.25) is 0 Å². The van der Waals surface area contributed by atoms with E-state index in [2.05, 4.69) is 20.2 Å². The van der Waals surface area contributed by atoms with E-state index in [0.717, 1.165) is 13.1 Å². The topological polar surface area (TPSA) is 0 Å². The summed E-state index contributed by atoms with van der Waals surface area (Å²) >= 11 is 0.757. The van der Waals surface area contributed by atoms with Crippen molar-refractivity contribution in [3.05, 3.63) is 0 Å². The maximum atomic E-state index is 4.67. The van der Waals surface area contributed by atoms with Gasteiger partial charge in [-0.2, -0.15) is 0 Å². The van der Waals surface area contributed by atoms with E-state index in [1.165, 1.54) is 0 Å². The quantitative estimate of drug-likeness (QED) is 0.460. The monoisotopic (exact) mass is 156 g/mol. The first-order valence-electron chi connectivity index (χ1n) is 0.228. The van der Waals surface area contributed by atoms with Crippen molar-refractivity contribution in [1.29, 1.82) is 0 Å². The van der Waals surface area contributed by atoms with Crippen LogP contribution in [0.1, 0.15) is 0 Å². The van der Waals surface area contributed by atoms with Crippen molar-refractivity contribution in [3.8, 4) is 0 Å². The summed E-state index contributed by atoms with van der Waals surface area (Å²) in [4.78, 5) is 0. The Kier molecular flexibility index (Phi) is 21.0. The molecule has 0 aliphatic rings. The van der Waals surface area contributed by atoms with Crippen molar-refractivity contribution >= 4 is 49.8 Å². The van der Waals surface area contributed by atoms with Crippen LogP contribution in [0, 0.1) is 0 Å². The molecule has 0 unspecified atom stereocenters. The summed E-state index contributed by atoms with van der Waals surface area (Å²) < 4.78 is 0. The molecule has 0 saturated heterocycles. The van der Waals surface area contributed by atoms with Crippen LogP contribution in [0.15, 0.2) is 0 Å². The van der Waals surface area contributed by atoms with Gasteiger partial charge in [0, 0.05) is 29.6 Å². The Balaban J connectivity index is 0. The molecule has 0 N–H and O–H groups in total. The molecule has 0 bridgehead atoms. The minimum Gasteiger partial charge on any atom is 0 e. The molecule has 0 rings (SSSR count). The zero-order valence-electron chi connectivity index (χ0n) is 2.06. The first-order chi connectivity index (χ1) is 1.41. The van der Waals surface area contributed by atoms with Crippen molar-refractivity contribution in [2.45, 2.75) is 0 Å². The molecule has 4 heteroatoms. The third kappa shape index (κ3) is 8.93. The molecule has 0 nitrogen and oxygen atoms in total. The Morgan fingerprint density at radius 3 is 1.25 bits per heavy atom. The fraction of sp³-hybridized carbons (Fsp3) is 0. The predicted molar refractivity (Wildman–Crippen MR) is 17.5 cm³/mol. The van der Waals surface area contributed by atoms with E-state index in [0.29, 0.717) is 0 Å². The number of hydrogen-bond donors (Lipinski definition) is 0. The molecule has 1 radical (unpaired) electrons. The van der Waals surface area contributed by atoms with E-state index in [4.69, 9.17) is 0 Å². The van der Waals surface area contributed by atoms with Gasteiger partial charge < -0.3 is 0 Å². The zero-order chi connectivity index (χ0) is 2.71. The van der Waals surface area contributed by atoms with Crippen LogP contribution in [-0.4, -0.2) is 29.6 Å². The zero-order valence-corrected chi connectivity index (χ0v) is 6.51. The molecule has 4 heavy (non-hydrogen) atoms. The average molecular weight is 157 g/mol. The Morgan fingerprint density at radius 1 is 1.25 bits per heavy atom. The molecular weight excluding hydrogens is 157 g/mol.